The molecule has 0 amide bonds. The second-order valence-corrected chi connectivity index (χ2v) is 9.45. The Morgan fingerprint density at radius 3 is 2.48 bits per heavy atom. The second-order valence-electron chi connectivity index (χ2n) is 6.62. The van der Waals surface area contributed by atoms with Crippen LogP contribution in [0.3, 0.4) is 0 Å². The number of pyridine rings is 1. The van der Waals surface area contributed by atoms with E-state index in [9.17, 15) is 8.42 Å². The number of sulfone groups is 1. The van der Waals surface area contributed by atoms with E-state index >= 15 is 0 Å². The Bertz CT molecular complexity index is 1480. The number of nitrogens with two attached hydrogens (primary N) is 1. The van der Waals surface area contributed by atoms with E-state index in [1.54, 1.807) is 71.6 Å². The van der Waals surface area contributed by atoms with E-state index in [0.717, 1.165) is 21.3 Å². The van der Waals surface area contributed by atoms with Crippen LogP contribution in [0.1, 0.15) is 0 Å². The Hall–Kier alpha value is -3.29. The van der Waals surface area contributed by atoms with E-state index in [1.165, 1.54) is 0 Å². The first-order chi connectivity index (χ1) is 14.0. The molecule has 3 aromatic carbocycles. The Labute approximate surface area is 171 Å². The topological polar surface area (TPSA) is 85.9 Å². The molecular weight excluding hydrogens is 402 g/mol. The summed E-state index contributed by atoms with van der Waals surface area (Å²) in [6.07, 6.45) is 1.72. The maximum Gasteiger partial charge on any atom is 0.206 e. The Morgan fingerprint density at radius 1 is 0.828 bits per heavy atom. The van der Waals surface area contributed by atoms with Crippen LogP contribution < -0.4 is 5.73 Å². The van der Waals surface area contributed by atoms with Gasteiger partial charge < -0.3 is 5.73 Å². The van der Waals surface area contributed by atoms with Gasteiger partial charge in [0, 0.05) is 17.1 Å². The lowest BCUT2D eigenvalue weighted by Crippen LogP contribution is -2.02. The van der Waals surface area contributed by atoms with Gasteiger partial charge in [0.2, 0.25) is 9.84 Å². The Kier molecular flexibility index (Phi) is 4.08. The summed E-state index contributed by atoms with van der Waals surface area (Å²) in [4.78, 5) is 9.28. The molecule has 2 aromatic heterocycles. The first kappa shape index (κ1) is 17.8. The van der Waals surface area contributed by atoms with Gasteiger partial charge in [0.25, 0.3) is 0 Å². The van der Waals surface area contributed by atoms with E-state index in [2.05, 4.69) is 9.97 Å². The van der Waals surface area contributed by atoms with Crippen molar-refractivity contribution in [1.82, 2.24) is 9.97 Å². The number of nitrogen functional groups attached to an aromatic ring is 1. The number of rotatable bonds is 3. The molecule has 29 heavy (non-hydrogen) atoms. The molecule has 5 nitrogen and oxygen atoms in total. The van der Waals surface area contributed by atoms with Crippen molar-refractivity contribution >= 4 is 48.0 Å². The van der Waals surface area contributed by atoms with Crippen molar-refractivity contribution in [2.75, 3.05) is 5.73 Å². The van der Waals surface area contributed by atoms with E-state index in [1.807, 2.05) is 18.2 Å². The summed E-state index contributed by atoms with van der Waals surface area (Å²) < 4.78 is 27.1. The molecule has 2 N–H and O–H groups in total. The Morgan fingerprint density at radius 2 is 1.66 bits per heavy atom. The van der Waals surface area contributed by atoms with Gasteiger partial charge in [-0.3, -0.25) is 4.98 Å². The molecule has 0 radical (unpaired) electrons. The van der Waals surface area contributed by atoms with Gasteiger partial charge in [-0.25, -0.2) is 13.4 Å². The van der Waals surface area contributed by atoms with Crippen LogP contribution in [0.15, 0.2) is 88.2 Å². The smallest absolute Gasteiger partial charge is 0.206 e. The standard InChI is InChI=1S/C22H15N3O2S2/c23-22-17-11-16(29(26,27)15-4-2-1-3-5-15)7-8-19(17)24-12-18(22)14-6-9-21-20(10-14)25-13-28-21/h1-13H,(H2,23,24). The molecule has 0 aliphatic carbocycles. The molecule has 0 atom stereocenters. The zero-order valence-electron chi connectivity index (χ0n) is 15.1. The van der Waals surface area contributed by atoms with Crippen LogP contribution in [-0.2, 0) is 9.84 Å². The highest BCUT2D eigenvalue weighted by Gasteiger charge is 2.19. The molecule has 5 rings (SSSR count). The maximum absolute atomic E-state index is 13.0. The number of hydrogen-bond donors (Lipinski definition) is 1. The third-order valence-electron chi connectivity index (χ3n) is 4.89. The zero-order chi connectivity index (χ0) is 20.0. The number of thiazole rings is 1. The molecule has 0 aliphatic rings. The third-order valence-corrected chi connectivity index (χ3v) is 7.46. The molecule has 142 valence electrons. The molecule has 2 heterocycles. The molecule has 0 unspecified atom stereocenters. The summed E-state index contributed by atoms with van der Waals surface area (Å²) in [7, 11) is -3.64. The highest BCUT2D eigenvalue weighted by molar-refractivity contribution is 7.91. The van der Waals surface area contributed by atoms with Crippen molar-refractivity contribution < 1.29 is 8.42 Å². The number of aromatic nitrogens is 2. The highest BCUT2D eigenvalue weighted by Crippen LogP contribution is 2.35. The SMILES string of the molecule is Nc1c(-c2ccc3scnc3c2)cnc2ccc(S(=O)(=O)c3ccccc3)cc12. The van der Waals surface area contributed by atoms with Crippen LogP contribution in [0.2, 0.25) is 0 Å². The number of nitrogens with zero attached hydrogens (tertiary/aromatic N) is 2. The predicted octanol–water partition coefficient (Wildman–Crippen LogP) is 4.93. The average Bonchev–Trinajstić information content (AvgIpc) is 3.22. The quantitative estimate of drug-likeness (QED) is 0.450. The lowest BCUT2D eigenvalue weighted by atomic mass is 10.0. The lowest BCUT2D eigenvalue weighted by molar-refractivity contribution is 0.596. The van der Waals surface area contributed by atoms with Crippen molar-refractivity contribution in [3.05, 3.63) is 78.4 Å². The molecule has 5 aromatic rings. The minimum absolute atomic E-state index is 0.191. The van der Waals surface area contributed by atoms with Gasteiger partial charge in [0.1, 0.15) is 0 Å². The van der Waals surface area contributed by atoms with E-state index in [-0.39, 0.29) is 9.79 Å². The van der Waals surface area contributed by atoms with Gasteiger partial charge in [-0.15, -0.1) is 11.3 Å². The summed E-state index contributed by atoms with van der Waals surface area (Å²) in [5.74, 6) is 0. The van der Waals surface area contributed by atoms with Crippen molar-refractivity contribution in [3.63, 3.8) is 0 Å². The van der Waals surface area contributed by atoms with Gasteiger partial charge in [-0.1, -0.05) is 24.3 Å². The van der Waals surface area contributed by atoms with Crippen LogP contribution in [0.25, 0.3) is 32.2 Å². The van der Waals surface area contributed by atoms with E-state index in [0.29, 0.717) is 16.6 Å². The number of fused-ring (bicyclic) bond motifs is 2. The molecule has 7 heteroatoms. The number of anilines is 1. The third kappa shape index (κ3) is 2.95. The molecule has 0 bridgehead atoms. The summed E-state index contributed by atoms with van der Waals surface area (Å²) in [5, 5.41) is 0.609. The van der Waals surface area contributed by atoms with Crippen molar-refractivity contribution in [2.45, 2.75) is 9.79 Å². The monoisotopic (exact) mass is 417 g/mol. The largest absolute Gasteiger partial charge is 0.398 e. The zero-order valence-corrected chi connectivity index (χ0v) is 16.7. The van der Waals surface area contributed by atoms with Crippen LogP contribution in [0.4, 0.5) is 5.69 Å². The van der Waals surface area contributed by atoms with Crippen LogP contribution in [-0.4, -0.2) is 18.4 Å². The minimum Gasteiger partial charge on any atom is -0.398 e. The predicted molar refractivity (Wildman–Crippen MR) is 117 cm³/mol. The van der Waals surface area contributed by atoms with E-state index in [4.69, 9.17) is 5.73 Å². The molecule has 0 saturated carbocycles. The number of hydrogen-bond acceptors (Lipinski definition) is 6. The van der Waals surface area contributed by atoms with Gasteiger partial charge in [-0.2, -0.15) is 0 Å². The van der Waals surface area contributed by atoms with Gasteiger partial charge in [0.05, 0.1) is 36.7 Å². The minimum atomic E-state index is -3.64. The van der Waals surface area contributed by atoms with Crippen LogP contribution in [0.5, 0.6) is 0 Å². The first-order valence-corrected chi connectivity index (χ1v) is 11.2. The van der Waals surface area contributed by atoms with Crippen LogP contribution in [0, 0.1) is 0 Å². The molecule has 0 spiro atoms. The van der Waals surface area contributed by atoms with Crippen molar-refractivity contribution in [3.8, 4) is 11.1 Å². The molecular formula is C22H15N3O2S2. The normalized spacial score (nSPS) is 11.9. The lowest BCUT2D eigenvalue weighted by Gasteiger charge is -2.11. The average molecular weight is 418 g/mol. The van der Waals surface area contributed by atoms with E-state index < -0.39 is 9.84 Å². The molecule has 0 saturated heterocycles. The fourth-order valence-corrected chi connectivity index (χ4v) is 5.32. The summed E-state index contributed by atoms with van der Waals surface area (Å²) >= 11 is 1.58. The first-order valence-electron chi connectivity index (χ1n) is 8.86. The Balaban J connectivity index is 1.68. The van der Waals surface area contributed by atoms with Crippen LogP contribution >= 0.6 is 11.3 Å². The van der Waals surface area contributed by atoms with Crippen molar-refractivity contribution in [1.29, 1.82) is 0 Å². The van der Waals surface area contributed by atoms with Gasteiger partial charge in [-0.05, 0) is 48.0 Å². The van der Waals surface area contributed by atoms with Gasteiger partial charge >= 0.3 is 0 Å². The number of benzene rings is 3. The summed E-state index contributed by atoms with van der Waals surface area (Å²) in [5.41, 5.74) is 12.0. The fourth-order valence-electron chi connectivity index (χ4n) is 3.35. The van der Waals surface area contributed by atoms with Gasteiger partial charge in [0.15, 0.2) is 0 Å². The fraction of sp³-hybridized carbons (Fsp3) is 0. The second kappa shape index (κ2) is 6.65. The van der Waals surface area contributed by atoms with Crippen molar-refractivity contribution in [2.24, 2.45) is 0 Å². The maximum atomic E-state index is 13.0. The summed E-state index contributed by atoms with van der Waals surface area (Å²) in [6, 6.07) is 19.2. The molecule has 0 fully saturated rings. The summed E-state index contributed by atoms with van der Waals surface area (Å²) in [6.45, 7) is 0. The molecule has 0 aliphatic heterocycles. The highest BCUT2D eigenvalue weighted by atomic mass is 32.2.